The van der Waals surface area contributed by atoms with E-state index in [1.54, 1.807) is 7.11 Å². The van der Waals surface area contributed by atoms with E-state index in [1.165, 1.54) is 0 Å². The van der Waals surface area contributed by atoms with E-state index in [0.29, 0.717) is 11.4 Å². The molecule has 2 N–H and O–H groups in total. The largest absolute Gasteiger partial charge is 0.495 e. The van der Waals surface area contributed by atoms with Crippen molar-refractivity contribution in [3.63, 3.8) is 0 Å². The van der Waals surface area contributed by atoms with Gasteiger partial charge in [0.25, 0.3) is 0 Å². The maximum absolute atomic E-state index is 5.95. The Balaban J connectivity index is 2.27. The fourth-order valence-corrected chi connectivity index (χ4v) is 2.13. The van der Waals surface area contributed by atoms with Crippen molar-refractivity contribution in [2.75, 3.05) is 12.8 Å². The van der Waals surface area contributed by atoms with Gasteiger partial charge in [-0.1, -0.05) is 49.9 Å². The third kappa shape index (κ3) is 2.79. The zero-order chi connectivity index (χ0) is 13.8. The number of nitrogens with two attached hydrogens (primary N) is 1. The van der Waals surface area contributed by atoms with E-state index in [0.717, 1.165) is 16.7 Å². The summed E-state index contributed by atoms with van der Waals surface area (Å²) in [7, 11) is 1.62. The number of anilines is 1. The molecule has 0 saturated heterocycles. The van der Waals surface area contributed by atoms with Crippen molar-refractivity contribution in [3.8, 4) is 5.75 Å². The lowest BCUT2D eigenvalue weighted by molar-refractivity contribution is 0.417. The third-order valence-corrected chi connectivity index (χ3v) is 3.42. The van der Waals surface area contributed by atoms with Crippen LogP contribution in [-0.2, 0) is 0 Å². The van der Waals surface area contributed by atoms with Crippen LogP contribution in [0.1, 0.15) is 24.0 Å². The Bertz CT molecular complexity index is 575. The highest BCUT2D eigenvalue weighted by Gasteiger charge is 2.12. The minimum atomic E-state index is 0.218. The van der Waals surface area contributed by atoms with Crippen molar-refractivity contribution in [1.29, 1.82) is 0 Å². The average molecular weight is 253 g/mol. The Kier molecular flexibility index (Phi) is 3.91. The van der Waals surface area contributed by atoms with Gasteiger partial charge in [-0.15, -0.1) is 0 Å². The molecule has 0 spiro atoms. The molecule has 19 heavy (non-hydrogen) atoms. The van der Waals surface area contributed by atoms with Crippen LogP contribution in [0, 0.1) is 0 Å². The predicted molar refractivity (Wildman–Crippen MR) is 81.3 cm³/mol. The normalized spacial score (nSPS) is 11.9. The van der Waals surface area contributed by atoms with E-state index in [9.17, 15) is 0 Å². The first-order chi connectivity index (χ1) is 9.13. The summed E-state index contributed by atoms with van der Waals surface area (Å²) in [6.45, 7) is 6.34. The lowest BCUT2D eigenvalue weighted by Crippen LogP contribution is -1.99. The van der Waals surface area contributed by atoms with Crippen LogP contribution in [0.15, 0.2) is 55.1 Å². The summed E-state index contributed by atoms with van der Waals surface area (Å²) in [5, 5.41) is 0. The molecule has 98 valence electrons. The van der Waals surface area contributed by atoms with E-state index in [-0.39, 0.29) is 5.92 Å². The number of allylic oxidation sites excluding steroid dienone is 1. The maximum Gasteiger partial charge on any atom is 0.141 e. The number of ether oxygens (including phenoxy) is 1. The second-order valence-electron chi connectivity index (χ2n) is 4.61. The molecular formula is C17H19NO. The van der Waals surface area contributed by atoms with Crippen LogP contribution in [0.4, 0.5) is 5.69 Å². The number of hydrogen-bond donors (Lipinski definition) is 1. The molecule has 0 aliphatic heterocycles. The van der Waals surface area contributed by atoms with E-state index in [1.807, 2.05) is 36.4 Å². The quantitative estimate of drug-likeness (QED) is 0.833. The van der Waals surface area contributed by atoms with Crippen molar-refractivity contribution >= 4 is 11.3 Å². The molecule has 2 aromatic carbocycles. The van der Waals surface area contributed by atoms with Crippen LogP contribution in [0.2, 0.25) is 0 Å². The summed E-state index contributed by atoms with van der Waals surface area (Å²) in [5.74, 6) is 0.928. The summed E-state index contributed by atoms with van der Waals surface area (Å²) in [6.07, 6.45) is 0. The molecule has 0 aliphatic carbocycles. The van der Waals surface area contributed by atoms with Gasteiger partial charge in [0.2, 0.25) is 0 Å². The van der Waals surface area contributed by atoms with Gasteiger partial charge in [0, 0.05) is 5.92 Å². The van der Waals surface area contributed by atoms with Crippen molar-refractivity contribution in [2.24, 2.45) is 0 Å². The first-order valence-corrected chi connectivity index (χ1v) is 6.31. The first kappa shape index (κ1) is 13.2. The number of hydrogen-bond acceptors (Lipinski definition) is 2. The highest BCUT2D eigenvalue weighted by atomic mass is 16.5. The second-order valence-corrected chi connectivity index (χ2v) is 4.61. The Morgan fingerprint density at radius 3 is 2.42 bits per heavy atom. The second kappa shape index (κ2) is 5.61. The SMILES string of the molecule is C=C(c1ccccc1)C(C)c1ccc(OC)c(N)c1. The average Bonchev–Trinajstić information content (AvgIpc) is 2.46. The van der Waals surface area contributed by atoms with Crippen molar-refractivity contribution in [1.82, 2.24) is 0 Å². The predicted octanol–water partition coefficient (Wildman–Crippen LogP) is 4.09. The van der Waals surface area contributed by atoms with E-state index < -0.39 is 0 Å². The molecular weight excluding hydrogens is 234 g/mol. The lowest BCUT2D eigenvalue weighted by Gasteiger charge is -2.17. The Labute approximate surface area is 114 Å². The van der Waals surface area contributed by atoms with E-state index in [2.05, 4.69) is 25.6 Å². The molecule has 2 heteroatoms. The van der Waals surface area contributed by atoms with Gasteiger partial charge in [-0.3, -0.25) is 0 Å². The van der Waals surface area contributed by atoms with Gasteiger partial charge in [-0.2, -0.15) is 0 Å². The van der Waals surface area contributed by atoms with Gasteiger partial charge in [-0.05, 0) is 28.8 Å². The molecule has 2 aromatic rings. The van der Waals surface area contributed by atoms with Crippen molar-refractivity contribution in [3.05, 3.63) is 66.2 Å². The Hall–Kier alpha value is -2.22. The molecule has 0 heterocycles. The summed E-state index contributed by atoms with van der Waals surface area (Å²) in [6, 6.07) is 16.1. The summed E-state index contributed by atoms with van der Waals surface area (Å²) < 4.78 is 5.18. The standard InChI is InChI=1S/C17H19NO/c1-12(14-7-5-4-6-8-14)13(2)15-9-10-17(19-3)16(18)11-15/h4-11,13H,1,18H2,2-3H3. The molecule has 0 radical (unpaired) electrons. The number of nitrogen functional groups attached to an aromatic ring is 1. The summed E-state index contributed by atoms with van der Waals surface area (Å²) in [5.41, 5.74) is 10.0. The number of benzene rings is 2. The molecule has 0 aliphatic rings. The van der Waals surface area contributed by atoms with Crippen LogP contribution >= 0.6 is 0 Å². The fraction of sp³-hybridized carbons (Fsp3) is 0.176. The molecule has 0 aromatic heterocycles. The molecule has 0 amide bonds. The van der Waals surface area contributed by atoms with Crippen LogP contribution in [0.3, 0.4) is 0 Å². The highest BCUT2D eigenvalue weighted by Crippen LogP contribution is 2.33. The van der Waals surface area contributed by atoms with E-state index >= 15 is 0 Å². The lowest BCUT2D eigenvalue weighted by atomic mass is 9.89. The molecule has 1 atom stereocenters. The van der Waals surface area contributed by atoms with Gasteiger partial charge in [0.15, 0.2) is 0 Å². The minimum Gasteiger partial charge on any atom is -0.495 e. The van der Waals surface area contributed by atoms with Gasteiger partial charge in [0.1, 0.15) is 5.75 Å². The molecule has 1 unspecified atom stereocenters. The zero-order valence-electron chi connectivity index (χ0n) is 11.4. The van der Waals surface area contributed by atoms with Crippen LogP contribution < -0.4 is 10.5 Å². The minimum absolute atomic E-state index is 0.218. The molecule has 0 saturated carbocycles. The fourth-order valence-electron chi connectivity index (χ4n) is 2.13. The van der Waals surface area contributed by atoms with Gasteiger partial charge < -0.3 is 10.5 Å². The zero-order valence-corrected chi connectivity index (χ0v) is 11.4. The summed E-state index contributed by atoms with van der Waals surface area (Å²) in [4.78, 5) is 0. The Morgan fingerprint density at radius 2 is 1.84 bits per heavy atom. The summed E-state index contributed by atoms with van der Waals surface area (Å²) >= 11 is 0. The van der Waals surface area contributed by atoms with Crippen molar-refractivity contribution < 1.29 is 4.74 Å². The molecule has 2 nitrogen and oxygen atoms in total. The van der Waals surface area contributed by atoms with Gasteiger partial charge >= 0.3 is 0 Å². The first-order valence-electron chi connectivity index (χ1n) is 6.31. The topological polar surface area (TPSA) is 35.2 Å². The smallest absolute Gasteiger partial charge is 0.141 e. The number of rotatable bonds is 4. The van der Waals surface area contributed by atoms with Gasteiger partial charge in [-0.25, -0.2) is 0 Å². The third-order valence-electron chi connectivity index (χ3n) is 3.42. The van der Waals surface area contributed by atoms with Gasteiger partial charge in [0.05, 0.1) is 12.8 Å². The van der Waals surface area contributed by atoms with Crippen LogP contribution in [0.5, 0.6) is 5.75 Å². The van der Waals surface area contributed by atoms with Crippen molar-refractivity contribution in [2.45, 2.75) is 12.8 Å². The maximum atomic E-state index is 5.95. The molecule has 2 rings (SSSR count). The van der Waals surface area contributed by atoms with Crippen LogP contribution in [0.25, 0.3) is 5.57 Å². The Morgan fingerprint density at radius 1 is 1.16 bits per heavy atom. The van der Waals surface area contributed by atoms with Crippen LogP contribution in [-0.4, -0.2) is 7.11 Å². The molecule has 0 bridgehead atoms. The number of methoxy groups -OCH3 is 1. The molecule has 0 fully saturated rings. The van der Waals surface area contributed by atoms with E-state index in [4.69, 9.17) is 10.5 Å². The monoisotopic (exact) mass is 253 g/mol. The highest BCUT2D eigenvalue weighted by molar-refractivity contribution is 5.70.